The lowest BCUT2D eigenvalue weighted by Gasteiger charge is -2.40. The van der Waals surface area contributed by atoms with E-state index >= 15 is 0 Å². The number of rotatable bonds is 6. The number of likely N-dealkylation sites (tertiary alicyclic amines) is 1. The number of hydrogen-bond donors (Lipinski definition) is 2. The molecule has 1 aliphatic heterocycles. The number of benzene rings is 2. The summed E-state index contributed by atoms with van der Waals surface area (Å²) in [4.78, 5) is 41.0. The molecule has 0 aromatic heterocycles. The van der Waals surface area contributed by atoms with Crippen molar-refractivity contribution in [2.45, 2.75) is 71.2 Å². The van der Waals surface area contributed by atoms with Gasteiger partial charge in [-0.1, -0.05) is 75.4 Å². The molecule has 0 spiro atoms. The van der Waals surface area contributed by atoms with Gasteiger partial charge in [0.2, 0.25) is 5.91 Å². The Bertz CT molecular complexity index is 1120. The van der Waals surface area contributed by atoms with Crippen LogP contribution in [0.2, 0.25) is 0 Å². The molecule has 8 heteroatoms. The second-order valence-corrected chi connectivity index (χ2v) is 11.6. The zero-order valence-electron chi connectivity index (χ0n) is 22.7. The minimum atomic E-state index is -1.66. The normalized spacial score (nSPS) is 20.8. The maximum absolute atomic E-state index is 14.1. The number of amides is 2. The summed E-state index contributed by atoms with van der Waals surface area (Å²) in [5.41, 5.74) is -0.731. The molecule has 1 aliphatic rings. The summed E-state index contributed by atoms with van der Waals surface area (Å²) in [5.74, 6) is -1.66. The third-order valence-electron chi connectivity index (χ3n) is 6.57. The van der Waals surface area contributed by atoms with Gasteiger partial charge in [0.15, 0.2) is 5.54 Å². The molecule has 1 heterocycles. The average Bonchev–Trinajstić information content (AvgIpc) is 3.22. The second-order valence-electron chi connectivity index (χ2n) is 11.6. The lowest BCUT2D eigenvalue weighted by atomic mass is 9.82. The zero-order valence-corrected chi connectivity index (χ0v) is 22.7. The fourth-order valence-corrected chi connectivity index (χ4v) is 4.70. The summed E-state index contributed by atoms with van der Waals surface area (Å²) < 4.78 is 11.0. The summed E-state index contributed by atoms with van der Waals surface area (Å²) >= 11 is 0. The Morgan fingerprint density at radius 2 is 1.54 bits per heavy atom. The predicted octanol–water partition coefficient (Wildman–Crippen LogP) is 4.82. The van der Waals surface area contributed by atoms with Crippen LogP contribution in [0.25, 0.3) is 11.1 Å². The molecule has 3 atom stereocenters. The number of aliphatic carboxylic acids is 1. The number of methoxy groups -OCH3 is 1. The van der Waals surface area contributed by atoms with E-state index in [1.54, 1.807) is 32.9 Å². The third-order valence-corrected chi connectivity index (χ3v) is 6.57. The summed E-state index contributed by atoms with van der Waals surface area (Å²) in [6.07, 6.45) is -1.15. The van der Waals surface area contributed by atoms with Gasteiger partial charge in [-0.05, 0) is 42.9 Å². The lowest BCUT2D eigenvalue weighted by Crippen LogP contribution is -2.60. The Kier molecular flexibility index (Phi) is 8.03. The molecule has 0 saturated carbocycles. The molecule has 3 rings (SSSR count). The predicted molar refractivity (Wildman–Crippen MR) is 141 cm³/mol. The largest absolute Gasteiger partial charge is 0.479 e. The fourth-order valence-electron chi connectivity index (χ4n) is 4.70. The SMILES string of the molecule is COC1CN(C(=O)C(NC(=O)OC(C)(C)C)C(C)(C)C)C(C(=O)O)(c2ccc(-c3ccccc3)cc2)C1. The average molecular weight is 511 g/mol. The monoisotopic (exact) mass is 510 g/mol. The molecule has 3 unspecified atom stereocenters. The van der Waals surface area contributed by atoms with E-state index in [0.717, 1.165) is 11.1 Å². The standard InChI is InChI=1S/C29H38N2O6/c1-27(2,3)23(30-26(35)37-28(4,5)6)24(32)31-18-22(36-7)17-29(31,25(33)34)21-15-13-20(14-16-21)19-11-9-8-10-12-19/h8-16,22-23H,17-18H2,1-7H3,(H,30,35)(H,33,34). The van der Waals surface area contributed by atoms with E-state index in [1.165, 1.54) is 12.0 Å². The van der Waals surface area contributed by atoms with Crippen molar-refractivity contribution in [1.29, 1.82) is 0 Å². The summed E-state index contributed by atoms with van der Waals surface area (Å²) in [6, 6.07) is 16.0. The van der Waals surface area contributed by atoms with Crippen LogP contribution in [0, 0.1) is 5.41 Å². The van der Waals surface area contributed by atoms with Gasteiger partial charge < -0.3 is 24.8 Å². The van der Waals surface area contributed by atoms with Crippen molar-refractivity contribution in [3.8, 4) is 11.1 Å². The number of ether oxygens (including phenoxy) is 2. The molecular formula is C29H38N2O6. The first-order valence-corrected chi connectivity index (χ1v) is 12.4. The molecule has 0 bridgehead atoms. The highest BCUT2D eigenvalue weighted by molar-refractivity contribution is 5.93. The Labute approximate surface area is 219 Å². The minimum Gasteiger partial charge on any atom is -0.479 e. The highest BCUT2D eigenvalue weighted by Crippen LogP contribution is 2.42. The van der Waals surface area contributed by atoms with Gasteiger partial charge in [-0.2, -0.15) is 0 Å². The Hall–Kier alpha value is -3.39. The van der Waals surface area contributed by atoms with Gasteiger partial charge in [-0.25, -0.2) is 9.59 Å². The number of carbonyl (C=O) groups excluding carboxylic acids is 2. The Morgan fingerprint density at radius 3 is 2.03 bits per heavy atom. The molecule has 2 N–H and O–H groups in total. The number of nitrogens with one attached hydrogen (secondary N) is 1. The molecule has 2 amide bonds. The molecule has 8 nitrogen and oxygen atoms in total. The molecule has 0 aliphatic carbocycles. The van der Waals surface area contributed by atoms with Crippen LogP contribution in [0.4, 0.5) is 4.79 Å². The van der Waals surface area contributed by atoms with Crippen LogP contribution in [-0.4, -0.2) is 59.4 Å². The maximum Gasteiger partial charge on any atom is 0.408 e. The van der Waals surface area contributed by atoms with Crippen LogP contribution in [-0.2, 0) is 24.6 Å². The summed E-state index contributed by atoms with van der Waals surface area (Å²) in [6.45, 7) is 10.7. The number of carboxylic acids is 1. The quantitative estimate of drug-likeness (QED) is 0.577. The number of nitrogens with zero attached hydrogens (tertiary/aromatic N) is 1. The van der Waals surface area contributed by atoms with Crippen molar-refractivity contribution in [3.63, 3.8) is 0 Å². The third kappa shape index (κ3) is 6.13. The molecule has 37 heavy (non-hydrogen) atoms. The highest BCUT2D eigenvalue weighted by Gasteiger charge is 2.57. The van der Waals surface area contributed by atoms with E-state index in [-0.39, 0.29) is 13.0 Å². The molecule has 1 fully saturated rings. The van der Waals surface area contributed by atoms with Crippen LogP contribution in [0.3, 0.4) is 0 Å². The molecular weight excluding hydrogens is 472 g/mol. The van der Waals surface area contributed by atoms with Gasteiger partial charge >= 0.3 is 12.1 Å². The summed E-state index contributed by atoms with van der Waals surface area (Å²) in [5, 5.41) is 13.3. The van der Waals surface area contributed by atoms with E-state index in [1.807, 2.05) is 63.2 Å². The van der Waals surface area contributed by atoms with Crippen LogP contribution in [0.15, 0.2) is 54.6 Å². The molecule has 1 saturated heterocycles. The first-order valence-electron chi connectivity index (χ1n) is 12.4. The van der Waals surface area contributed by atoms with Crippen molar-refractivity contribution in [2.75, 3.05) is 13.7 Å². The van der Waals surface area contributed by atoms with Gasteiger partial charge in [-0.15, -0.1) is 0 Å². The summed E-state index contributed by atoms with van der Waals surface area (Å²) in [7, 11) is 1.50. The van der Waals surface area contributed by atoms with Gasteiger partial charge in [0, 0.05) is 20.1 Å². The maximum atomic E-state index is 14.1. The Balaban J connectivity index is 2.03. The van der Waals surface area contributed by atoms with E-state index in [2.05, 4.69) is 5.32 Å². The number of carboxylic acid groups (broad SMARTS) is 1. The smallest absolute Gasteiger partial charge is 0.408 e. The lowest BCUT2D eigenvalue weighted by molar-refractivity contribution is -0.159. The van der Waals surface area contributed by atoms with Crippen molar-refractivity contribution in [2.24, 2.45) is 5.41 Å². The number of carbonyl (C=O) groups is 3. The Morgan fingerprint density at radius 1 is 0.973 bits per heavy atom. The first-order chi connectivity index (χ1) is 17.2. The van der Waals surface area contributed by atoms with Crippen molar-refractivity contribution in [1.82, 2.24) is 10.2 Å². The minimum absolute atomic E-state index is 0.0741. The highest BCUT2D eigenvalue weighted by atomic mass is 16.6. The van der Waals surface area contributed by atoms with Crippen molar-refractivity contribution < 1.29 is 29.0 Å². The van der Waals surface area contributed by atoms with Gasteiger partial charge in [0.05, 0.1) is 6.10 Å². The van der Waals surface area contributed by atoms with E-state index in [9.17, 15) is 19.5 Å². The van der Waals surface area contributed by atoms with E-state index in [0.29, 0.717) is 5.56 Å². The first kappa shape index (κ1) is 28.2. The van der Waals surface area contributed by atoms with Gasteiger partial charge in [0.1, 0.15) is 11.6 Å². The van der Waals surface area contributed by atoms with Crippen LogP contribution in [0.5, 0.6) is 0 Å². The number of hydrogen-bond acceptors (Lipinski definition) is 5. The van der Waals surface area contributed by atoms with Gasteiger partial charge in [-0.3, -0.25) is 4.79 Å². The van der Waals surface area contributed by atoms with Crippen molar-refractivity contribution >= 4 is 18.0 Å². The van der Waals surface area contributed by atoms with E-state index < -0.39 is 46.7 Å². The van der Waals surface area contributed by atoms with Crippen molar-refractivity contribution in [3.05, 3.63) is 60.2 Å². The number of alkyl carbamates (subject to hydrolysis) is 1. The molecule has 200 valence electrons. The van der Waals surface area contributed by atoms with Crippen LogP contribution in [0.1, 0.15) is 53.5 Å². The molecule has 2 aromatic carbocycles. The van der Waals surface area contributed by atoms with Crippen LogP contribution >= 0.6 is 0 Å². The van der Waals surface area contributed by atoms with E-state index in [4.69, 9.17) is 9.47 Å². The molecule has 2 aromatic rings. The van der Waals surface area contributed by atoms with Crippen LogP contribution < -0.4 is 5.32 Å². The second kappa shape index (κ2) is 10.5. The zero-order chi connectivity index (χ0) is 27.6. The fraction of sp³-hybridized carbons (Fsp3) is 0.483. The van der Waals surface area contributed by atoms with Gasteiger partial charge in [0.25, 0.3) is 0 Å². The molecule has 0 radical (unpaired) electrons. The topological polar surface area (TPSA) is 105 Å².